The summed E-state index contributed by atoms with van der Waals surface area (Å²) in [4.78, 5) is 11.8. The number of carbonyl (C=O) groups excluding carboxylic acids is 1. The average Bonchev–Trinajstić information content (AvgIpc) is 2.93. The molecule has 0 spiro atoms. The Morgan fingerprint density at radius 1 is 1.33 bits per heavy atom. The van der Waals surface area contributed by atoms with E-state index >= 15 is 0 Å². The minimum atomic E-state index is -0.566. The quantitative estimate of drug-likeness (QED) is 0.799. The summed E-state index contributed by atoms with van der Waals surface area (Å²) >= 11 is 3.24. The topological polar surface area (TPSA) is 97.3 Å². The van der Waals surface area contributed by atoms with Gasteiger partial charge in [0.2, 0.25) is 0 Å². The van der Waals surface area contributed by atoms with Gasteiger partial charge in [-0.25, -0.2) is 4.79 Å². The zero-order valence-electron chi connectivity index (χ0n) is 11.5. The van der Waals surface area contributed by atoms with Gasteiger partial charge in [0.1, 0.15) is 5.69 Å². The predicted octanol–water partition coefficient (Wildman–Crippen LogP) is 2.52. The van der Waals surface area contributed by atoms with Crippen molar-refractivity contribution in [3.8, 4) is 22.8 Å². The number of H-pyrrole nitrogens is 1. The van der Waals surface area contributed by atoms with Crippen molar-refractivity contribution in [2.45, 2.75) is 13.8 Å². The van der Waals surface area contributed by atoms with Crippen LogP contribution in [0.25, 0.3) is 11.3 Å². The van der Waals surface area contributed by atoms with Gasteiger partial charge < -0.3 is 14.6 Å². The highest BCUT2D eigenvalue weighted by atomic mass is 79.9. The molecule has 0 aliphatic rings. The number of halogens is 1. The Morgan fingerprint density at radius 3 is 2.76 bits per heavy atom. The fourth-order valence-electron chi connectivity index (χ4n) is 1.75. The lowest BCUT2D eigenvalue weighted by Crippen LogP contribution is -2.06. The van der Waals surface area contributed by atoms with E-state index in [-0.39, 0.29) is 18.1 Å². The number of ether oxygens (including phenoxy) is 2. The van der Waals surface area contributed by atoms with Crippen molar-refractivity contribution < 1.29 is 19.4 Å². The lowest BCUT2D eigenvalue weighted by molar-refractivity contribution is 0.0520. The minimum Gasteiger partial charge on any atom is -0.503 e. The third-order valence-electron chi connectivity index (χ3n) is 2.62. The molecule has 112 valence electrons. The highest BCUT2D eigenvalue weighted by Crippen LogP contribution is 2.38. The first kappa shape index (κ1) is 15.3. The van der Waals surface area contributed by atoms with Gasteiger partial charge in [-0.2, -0.15) is 10.3 Å². The summed E-state index contributed by atoms with van der Waals surface area (Å²) in [5.41, 5.74) is 0.979. The average molecular weight is 356 g/mol. The second-order valence-corrected chi connectivity index (χ2v) is 4.83. The van der Waals surface area contributed by atoms with Crippen molar-refractivity contribution in [3.63, 3.8) is 0 Å². The van der Waals surface area contributed by atoms with Crippen molar-refractivity contribution in [2.75, 3.05) is 13.2 Å². The molecule has 0 unspecified atom stereocenters. The van der Waals surface area contributed by atoms with Crippen molar-refractivity contribution in [1.29, 1.82) is 0 Å². The molecule has 0 radical (unpaired) electrons. The fraction of sp³-hybridized carbons (Fsp3) is 0.308. The summed E-state index contributed by atoms with van der Waals surface area (Å²) < 4.78 is 10.7. The highest BCUT2D eigenvalue weighted by Gasteiger charge is 2.21. The number of rotatable bonds is 5. The standard InChI is InChI=1S/C13H14BrN3O4/c1-3-20-9-6-7(5-8(14)12(9)18)10-11(16-17-15-10)13(19)21-4-2/h5-6,18H,3-4H2,1-2H3,(H,15,16,17). The number of phenolic OH excluding ortho intramolecular Hbond substituents is 1. The van der Waals surface area contributed by atoms with E-state index in [0.29, 0.717) is 28.1 Å². The molecule has 0 saturated carbocycles. The van der Waals surface area contributed by atoms with Gasteiger partial charge in [0.15, 0.2) is 17.2 Å². The molecule has 7 nitrogen and oxygen atoms in total. The number of aromatic hydroxyl groups is 1. The second-order valence-electron chi connectivity index (χ2n) is 3.98. The number of aromatic nitrogens is 3. The second kappa shape index (κ2) is 6.57. The largest absolute Gasteiger partial charge is 0.503 e. The number of phenols is 1. The Labute approximate surface area is 129 Å². The van der Waals surface area contributed by atoms with Crippen LogP contribution in [0.1, 0.15) is 24.3 Å². The van der Waals surface area contributed by atoms with Crippen molar-refractivity contribution in [3.05, 3.63) is 22.3 Å². The van der Waals surface area contributed by atoms with Gasteiger partial charge in [0, 0.05) is 5.56 Å². The maximum absolute atomic E-state index is 11.8. The molecule has 1 heterocycles. The summed E-state index contributed by atoms with van der Waals surface area (Å²) in [6, 6.07) is 3.21. The first-order valence-corrected chi connectivity index (χ1v) is 7.11. The Bertz CT molecular complexity index is 657. The zero-order chi connectivity index (χ0) is 15.4. The molecule has 2 rings (SSSR count). The van der Waals surface area contributed by atoms with E-state index in [1.54, 1.807) is 26.0 Å². The van der Waals surface area contributed by atoms with Crippen molar-refractivity contribution in [2.24, 2.45) is 0 Å². The van der Waals surface area contributed by atoms with Crippen LogP contribution in [0.3, 0.4) is 0 Å². The number of hydrogen-bond donors (Lipinski definition) is 2. The van der Waals surface area contributed by atoms with Crippen LogP contribution in [0.2, 0.25) is 0 Å². The molecule has 8 heteroatoms. The maximum Gasteiger partial charge on any atom is 0.361 e. The number of aromatic amines is 1. The number of hydrogen-bond acceptors (Lipinski definition) is 6. The van der Waals surface area contributed by atoms with Crippen molar-refractivity contribution in [1.82, 2.24) is 15.4 Å². The van der Waals surface area contributed by atoms with Gasteiger partial charge in [-0.05, 0) is 41.9 Å². The Balaban J connectivity index is 2.48. The molecular weight excluding hydrogens is 342 g/mol. The van der Waals surface area contributed by atoms with E-state index < -0.39 is 5.97 Å². The fourth-order valence-corrected chi connectivity index (χ4v) is 2.19. The van der Waals surface area contributed by atoms with E-state index in [9.17, 15) is 9.90 Å². The monoisotopic (exact) mass is 355 g/mol. The number of carbonyl (C=O) groups is 1. The molecule has 0 aliphatic carbocycles. The molecule has 21 heavy (non-hydrogen) atoms. The van der Waals surface area contributed by atoms with Gasteiger partial charge >= 0.3 is 5.97 Å². The minimum absolute atomic E-state index is 0.0122. The maximum atomic E-state index is 11.8. The molecule has 2 N–H and O–H groups in total. The summed E-state index contributed by atoms with van der Waals surface area (Å²) in [6.45, 7) is 4.16. The normalized spacial score (nSPS) is 10.4. The van der Waals surface area contributed by atoms with Crippen LogP contribution in [-0.4, -0.2) is 39.7 Å². The first-order valence-electron chi connectivity index (χ1n) is 6.32. The predicted molar refractivity (Wildman–Crippen MR) is 78.3 cm³/mol. The first-order chi connectivity index (χ1) is 10.1. The molecule has 1 aromatic heterocycles. The number of esters is 1. The number of benzene rings is 1. The van der Waals surface area contributed by atoms with E-state index in [1.807, 2.05) is 0 Å². The van der Waals surface area contributed by atoms with Gasteiger partial charge in [0.25, 0.3) is 0 Å². The van der Waals surface area contributed by atoms with Crippen LogP contribution in [-0.2, 0) is 4.74 Å². The Kier molecular flexibility index (Phi) is 4.79. The van der Waals surface area contributed by atoms with Crippen LogP contribution < -0.4 is 4.74 Å². The molecule has 2 aromatic rings. The molecule has 0 atom stereocenters. The lowest BCUT2D eigenvalue weighted by atomic mass is 10.1. The van der Waals surface area contributed by atoms with Crippen LogP contribution in [0.15, 0.2) is 16.6 Å². The van der Waals surface area contributed by atoms with E-state index in [4.69, 9.17) is 9.47 Å². The van der Waals surface area contributed by atoms with Gasteiger partial charge in [-0.1, -0.05) is 0 Å². The molecule has 0 amide bonds. The highest BCUT2D eigenvalue weighted by molar-refractivity contribution is 9.10. The third-order valence-corrected chi connectivity index (χ3v) is 3.22. The molecular formula is C13H14BrN3O4. The van der Waals surface area contributed by atoms with Crippen LogP contribution >= 0.6 is 15.9 Å². The molecule has 0 bridgehead atoms. The Hall–Kier alpha value is -2.09. The van der Waals surface area contributed by atoms with E-state index in [1.165, 1.54) is 0 Å². The van der Waals surface area contributed by atoms with Gasteiger partial charge in [-0.3, -0.25) is 0 Å². The van der Waals surface area contributed by atoms with Gasteiger partial charge in [0.05, 0.1) is 17.7 Å². The molecule has 0 saturated heterocycles. The number of nitrogens with one attached hydrogen (secondary N) is 1. The van der Waals surface area contributed by atoms with Gasteiger partial charge in [-0.15, -0.1) is 5.10 Å². The Morgan fingerprint density at radius 2 is 2.10 bits per heavy atom. The summed E-state index contributed by atoms with van der Waals surface area (Å²) in [7, 11) is 0. The molecule has 0 fully saturated rings. The van der Waals surface area contributed by atoms with Crippen molar-refractivity contribution >= 4 is 21.9 Å². The molecule has 0 aliphatic heterocycles. The van der Waals surface area contributed by atoms with Crippen LogP contribution in [0, 0.1) is 0 Å². The molecule has 1 aromatic carbocycles. The summed E-state index contributed by atoms with van der Waals surface area (Å²) in [6.07, 6.45) is 0. The lowest BCUT2D eigenvalue weighted by Gasteiger charge is -2.09. The van der Waals surface area contributed by atoms with Crippen LogP contribution in [0.5, 0.6) is 11.5 Å². The summed E-state index contributed by atoms with van der Waals surface area (Å²) in [5.74, 6) is -0.287. The van der Waals surface area contributed by atoms with E-state index in [0.717, 1.165) is 0 Å². The summed E-state index contributed by atoms with van der Waals surface area (Å²) in [5, 5.41) is 20.1. The third kappa shape index (κ3) is 3.15. The smallest absolute Gasteiger partial charge is 0.361 e. The zero-order valence-corrected chi connectivity index (χ0v) is 13.1. The van der Waals surface area contributed by atoms with E-state index in [2.05, 4.69) is 31.3 Å². The SMILES string of the molecule is CCOC(=O)c1n[nH]nc1-c1cc(Br)c(O)c(OCC)c1. The number of nitrogens with zero attached hydrogens (tertiary/aromatic N) is 2. The van der Waals surface area contributed by atoms with Crippen LogP contribution in [0.4, 0.5) is 0 Å².